The summed E-state index contributed by atoms with van der Waals surface area (Å²) in [6.45, 7) is 4.09. The molecule has 1 aromatic carbocycles. The first-order valence-electron chi connectivity index (χ1n) is 5.95. The average Bonchev–Trinajstić information content (AvgIpc) is 2.27. The van der Waals surface area contributed by atoms with Crippen molar-refractivity contribution in [1.82, 2.24) is 4.90 Å². The number of benzene rings is 1. The van der Waals surface area contributed by atoms with Gasteiger partial charge in [0, 0.05) is 18.3 Å². The lowest BCUT2D eigenvalue weighted by atomic mass is 10.0. The van der Waals surface area contributed by atoms with Crippen molar-refractivity contribution in [3.05, 3.63) is 29.6 Å². The van der Waals surface area contributed by atoms with Crippen LogP contribution >= 0.6 is 0 Å². The zero-order chi connectivity index (χ0) is 11.5. The van der Waals surface area contributed by atoms with Gasteiger partial charge in [-0.25, -0.2) is 4.39 Å². The summed E-state index contributed by atoms with van der Waals surface area (Å²) in [5.41, 5.74) is 7.46. The molecule has 1 aromatic rings. The van der Waals surface area contributed by atoms with Gasteiger partial charge in [-0.05, 0) is 50.1 Å². The number of piperidine rings is 1. The molecule has 0 bridgehead atoms. The van der Waals surface area contributed by atoms with Crippen LogP contribution in [0, 0.1) is 5.82 Å². The van der Waals surface area contributed by atoms with Crippen molar-refractivity contribution in [3.8, 4) is 0 Å². The Bertz CT molecular complexity index is 365. The van der Waals surface area contributed by atoms with Crippen LogP contribution < -0.4 is 5.73 Å². The second-order valence-corrected chi connectivity index (χ2v) is 4.66. The number of hydrogen-bond acceptors (Lipinski definition) is 2. The summed E-state index contributed by atoms with van der Waals surface area (Å²) in [5.74, 6) is -0.200. The van der Waals surface area contributed by atoms with Crippen molar-refractivity contribution in [3.63, 3.8) is 0 Å². The molecule has 0 spiro atoms. The van der Waals surface area contributed by atoms with Gasteiger partial charge in [0.15, 0.2) is 0 Å². The van der Waals surface area contributed by atoms with Gasteiger partial charge in [0.2, 0.25) is 0 Å². The van der Waals surface area contributed by atoms with Crippen molar-refractivity contribution < 1.29 is 4.39 Å². The Balaban J connectivity index is 2.10. The molecule has 1 atom stereocenters. The highest BCUT2D eigenvalue weighted by Crippen LogP contribution is 2.22. The smallest absolute Gasteiger partial charge is 0.123 e. The Kier molecular flexibility index (Phi) is 3.44. The van der Waals surface area contributed by atoms with E-state index in [2.05, 4.69) is 11.8 Å². The Morgan fingerprint density at radius 2 is 2.25 bits per heavy atom. The van der Waals surface area contributed by atoms with Gasteiger partial charge in [0.1, 0.15) is 5.82 Å². The lowest BCUT2D eigenvalue weighted by molar-refractivity contribution is 0.153. The van der Waals surface area contributed by atoms with E-state index in [4.69, 9.17) is 5.73 Å². The zero-order valence-corrected chi connectivity index (χ0v) is 9.75. The van der Waals surface area contributed by atoms with Crippen LogP contribution in [0.1, 0.15) is 31.7 Å². The van der Waals surface area contributed by atoms with Gasteiger partial charge < -0.3 is 5.73 Å². The first-order valence-corrected chi connectivity index (χ1v) is 5.95. The molecule has 2 nitrogen and oxygen atoms in total. The molecule has 1 aliphatic rings. The molecule has 16 heavy (non-hydrogen) atoms. The van der Waals surface area contributed by atoms with Crippen LogP contribution in [0.3, 0.4) is 0 Å². The molecule has 2 rings (SSSR count). The highest BCUT2D eigenvalue weighted by atomic mass is 19.1. The monoisotopic (exact) mass is 222 g/mol. The maximum absolute atomic E-state index is 13.1. The number of halogens is 1. The number of nitrogen functional groups attached to an aromatic ring is 1. The van der Waals surface area contributed by atoms with Crippen LogP contribution in [0.15, 0.2) is 18.2 Å². The Labute approximate surface area is 96.2 Å². The van der Waals surface area contributed by atoms with Gasteiger partial charge in [0.25, 0.3) is 0 Å². The Morgan fingerprint density at radius 1 is 1.44 bits per heavy atom. The number of anilines is 1. The van der Waals surface area contributed by atoms with E-state index in [1.54, 1.807) is 12.1 Å². The van der Waals surface area contributed by atoms with E-state index in [-0.39, 0.29) is 5.82 Å². The van der Waals surface area contributed by atoms with E-state index in [9.17, 15) is 4.39 Å². The van der Waals surface area contributed by atoms with Crippen LogP contribution in [0.2, 0.25) is 0 Å². The molecule has 1 heterocycles. The Hall–Kier alpha value is -1.09. The topological polar surface area (TPSA) is 29.3 Å². The predicted molar refractivity (Wildman–Crippen MR) is 64.5 cm³/mol. The van der Waals surface area contributed by atoms with Crippen LogP contribution in [-0.4, -0.2) is 17.5 Å². The highest BCUT2D eigenvalue weighted by molar-refractivity contribution is 5.46. The fraction of sp³-hybridized carbons (Fsp3) is 0.538. The van der Waals surface area contributed by atoms with E-state index < -0.39 is 0 Å². The molecule has 0 aromatic heterocycles. The molecule has 0 aliphatic carbocycles. The number of hydrogen-bond donors (Lipinski definition) is 1. The zero-order valence-electron chi connectivity index (χ0n) is 9.75. The SMILES string of the molecule is C[C@@H]1CCCCN1Cc1cc(F)ccc1N. The predicted octanol–water partition coefficient (Wildman–Crippen LogP) is 2.78. The molecule has 0 saturated carbocycles. The van der Waals surface area contributed by atoms with Gasteiger partial charge in [-0.15, -0.1) is 0 Å². The standard InChI is InChI=1S/C13H19FN2/c1-10-4-2-3-7-16(10)9-11-8-12(14)5-6-13(11)15/h5-6,8,10H,2-4,7,9,15H2,1H3/t10-/m1/s1. The maximum Gasteiger partial charge on any atom is 0.123 e. The first-order chi connectivity index (χ1) is 7.66. The summed E-state index contributed by atoms with van der Waals surface area (Å²) in [4.78, 5) is 2.38. The third kappa shape index (κ3) is 2.53. The van der Waals surface area contributed by atoms with E-state index in [0.29, 0.717) is 11.7 Å². The van der Waals surface area contributed by atoms with Crippen LogP contribution in [0.4, 0.5) is 10.1 Å². The summed E-state index contributed by atoms with van der Waals surface area (Å²) >= 11 is 0. The van der Waals surface area contributed by atoms with Crippen LogP contribution in [-0.2, 0) is 6.54 Å². The summed E-state index contributed by atoms with van der Waals surface area (Å²) in [5, 5.41) is 0. The molecular formula is C13H19FN2. The van der Waals surface area contributed by atoms with Crippen molar-refractivity contribution in [2.75, 3.05) is 12.3 Å². The van der Waals surface area contributed by atoms with Crippen molar-refractivity contribution in [2.45, 2.75) is 38.8 Å². The van der Waals surface area contributed by atoms with Gasteiger partial charge in [-0.2, -0.15) is 0 Å². The molecule has 1 saturated heterocycles. The number of nitrogens with zero attached hydrogens (tertiary/aromatic N) is 1. The Morgan fingerprint density at radius 3 is 3.00 bits per heavy atom. The van der Waals surface area contributed by atoms with Gasteiger partial charge in [-0.1, -0.05) is 6.42 Å². The van der Waals surface area contributed by atoms with Crippen molar-refractivity contribution in [1.29, 1.82) is 0 Å². The highest BCUT2D eigenvalue weighted by Gasteiger charge is 2.18. The van der Waals surface area contributed by atoms with E-state index >= 15 is 0 Å². The third-order valence-electron chi connectivity index (χ3n) is 3.42. The normalized spacial score (nSPS) is 22.2. The van der Waals surface area contributed by atoms with E-state index in [0.717, 1.165) is 18.7 Å². The minimum Gasteiger partial charge on any atom is -0.398 e. The lowest BCUT2D eigenvalue weighted by Gasteiger charge is -2.33. The minimum absolute atomic E-state index is 0.200. The summed E-state index contributed by atoms with van der Waals surface area (Å²) in [7, 11) is 0. The summed E-state index contributed by atoms with van der Waals surface area (Å²) < 4.78 is 13.1. The molecule has 2 N–H and O–H groups in total. The molecule has 1 aliphatic heterocycles. The second-order valence-electron chi connectivity index (χ2n) is 4.66. The summed E-state index contributed by atoms with van der Waals surface area (Å²) in [6, 6.07) is 5.20. The molecular weight excluding hydrogens is 203 g/mol. The first kappa shape index (κ1) is 11.4. The van der Waals surface area contributed by atoms with E-state index in [1.165, 1.54) is 25.3 Å². The fourth-order valence-electron chi connectivity index (χ4n) is 2.32. The lowest BCUT2D eigenvalue weighted by Crippen LogP contribution is -2.36. The number of nitrogens with two attached hydrogens (primary N) is 1. The van der Waals surface area contributed by atoms with Crippen molar-refractivity contribution in [2.24, 2.45) is 0 Å². The second kappa shape index (κ2) is 4.83. The average molecular weight is 222 g/mol. The molecule has 0 unspecified atom stereocenters. The van der Waals surface area contributed by atoms with E-state index in [1.807, 2.05) is 0 Å². The third-order valence-corrected chi connectivity index (χ3v) is 3.42. The fourth-order valence-corrected chi connectivity index (χ4v) is 2.32. The molecule has 88 valence electrons. The maximum atomic E-state index is 13.1. The molecule has 0 radical (unpaired) electrons. The molecule has 0 amide bonds. The molecule has 1 fully saturated rings. The quantitative estimate of drug-likeness (QED) is 0.780. The minimum atomic E-state index is -0.200. The molecule has 3 heteroatoms. The number of rotatable bonds is 2. The number of likely N-dealkylation sites (tertiary alicyclic amines) is 1. The van der Waals surface area contributed by atoms with Crippen LogP contribution in [0.5, 0.6) is 0 Å². The van der Waals surface area contributed by atoms with Crippen molar-refractivity contribution >= 4 is 5.69 Å². The van der Waals surface area contributed by atoms with Gasteiger partial charge in [0.05, 0.1) is 0 Å². The summed E-state index contributed by atoms with van der Waals surface area (Å²) in [6.07, 6.45) is 3.77. The van der Waals surface area contributed by atoms with Crippen LogP contribution in [0.25, 0.3) is 0 Å². The largest absolute Gasteiger partial charge is 0.398 e. The van der Waals surface area contributed by atoms with Gasteiger partial charge in [-0.3, -0.25) is 4.90 Å². The van der Waals surface area contributed by atoms with Gasteiger partial charge >= 0.3 is 0 Å².